The van der Waals surface area contributed by atoms with Crippen LogP contribution in [0.3, 0.4) is 0 Å². The van der Waals surface area contributed by atoms with Crippen LogP contribution in [0.4, 0.5) is 4.39 Å². The van der Waals surface area contributed by atoms with Crippen molar-refractivity contribution in [2.24, 2.45) is 0 Å². The SMILES string of the molecule is FC(=C(c1ccccc1Cl)c1ccccc1Cl)n1cncn1. The van der Waals surface area contributed by atoms with Crippen LogP contribution >= 0.6 is 23.2 Å². The Morgan fingerprint density at radius 2 is 1.45 bits per heavy atom. The molecule has 0 fully saturated rings. The molecule has 110 valence electrons. The number of halogens is 3. The Kier molecular flexibility index (Phi) is 4.22. The largest absolute Gasteiger partial charge is 0.224 e. The Morgan fingerprint density at radius 3 is 1.91 bits per heavy atom. The third-order valence-electron chi connectivity index (χ3n) is 3.11. The molecule has 1 heterocycles. The topological polar surface area (TPSA) is 30.7 Å². The Balaban J connectivity index is 2.31. The molecule has 0 aliphatic rings. The molecule has 0 aliphatic carbocycles. The summed E-state index contributed by atoms with van der Waals surface area (Å²) in [5.41, 5.74) is 1.33. The molecule has 6 heteroatoms. The lowest BCUT2D eigenvalue weighted by Crippen LogP contribution is -2.00. The van der Waals surface area contributed by atoms with E-state index in [9.17, 15) is 4.39 Å². The van der Waals surface area contributed by atoms with Crippen LogP contribution in [0.5, 0.6) is 0 Å². The van der Waals surface area contributed by atoms with Crippen molar-refractivity contribution in [2.75, 3.05) is 0 Å². The first-order chi connectivity index (χ1) is 10.7. The Labute approximate surface area is 136 Å². The van der Waals surface area contributed by atoms with E-state index >= 15 is 0 Å². The molecule has 1 aromatic heterocycles. The lowest BCUT2D eigenvalue weighted by atomic mass is 9.98. The van der Waals surface area contributed by atoms with Crippen LogP contribution in [0.2, 0.25) is 10.0 Å². The fraction of sp³-hybridized carbons (Fsp3) is 0. The number of hydrogen-bond donors (Lipinski definition) is 0. The van der Waals surface area contributed by atoms with Crippen LogP contribution in [0.1, 0.15) is 11.1 Å². The predicted octanol–water partition coefficient (Wildman–Crippen LogP) is 4.93. The first kappa shape index (κ1) is 14.8. The van der Waals surface area contributed by atoms with Crippen molar-refractivity contribution in [3.63, 3.8) is 0 Å². The van der Waals surface area contributed by atoms with Gasteiger partial charge >= 0.3 is 0 Å². The summed E-state index contributed by atoms with van der Waals surface area (Å²) in [5.74, 6) is -0.598. The monoisotopic (exact) mass is 333 g/mol. The minimum absolute atomic E-state index is 0.265. The fourth-order valence-electron chi connectivity index (χ4n) is 2.12. The van der Waals surface area contributed by atoms with Crippen molar-refractivity contribution in [1.82, 2.24) is 14.8 Å². The van der Waals surface area contributed by atoms with E-state index in [0.29, 0.717) is 21.2 Å². The van der Waals surface area contributed by atoms with Gasteiger partial charge in [-0.3, -0.25) is 0 Å². The van der Waals surface area contributed by atoms with E-state index in [1.54, 1.807) is 48.5 Å². The molecule has 0 saturated carbocycles. The first-order valence-corrected chi connectivity index (χ1v) is 7.18. The zero-order chi connectivity index (χ0) is 15.5. The van der Waals surface area contributed by atoms with Gasteiger partial charge in [0.1, 0.15) is 12.7 Å². The van der Waals surface area contributed by atoms with Gasteiger partial charge in [0.15, 0.2) is 0 Å². The van der Waals surface area contributed by atoms with E-state index in [-0.39, 0.29) is 5.57 Å². The molecule has 0 atom stereocenters. The molecule has 0 radical (unpaired) electrons. The maximum atomic E-state index is 15.0. The van der Waals surface area contributed by atoms with Crippen molar-refractivity contribution >= 4 is 34.7 Å². The lowest BCUT2D eigenvalue weighted by Gasteiger charge is -2.13. The molecular formula is C16H10Cl2FN3. The van der Waals surface area contributed by atoms with Gasteiger partial charge in [0, 0.05) is 26.7 Å². The molecule has 3 rings (SSSR count). The van der Waals surface area contributed by atoms with E-state index in [1.165, 1.54) is 12.7 Å². The maximum absolute atomic E-state index is 15.0. The highest BCUT2D eigenvalue weighted by Gasteiger charge is 2.18. The second kappa shape index (κ2) is 6.30. The highest BCUT2D eigenvalue weighted by Crippen LogP contribution is 2.36. The summed E-state index contributed by atoms with van der Waals surface area (Å²) >= 11 is 12.5. The summed E-state index contributed by atoms with van der Waals surface area (Å²) in [7, 11) is 0. The highest BCUT2D eigenvalue weighted by molar-refractivity contribution is 6.34. The molecule has 3 nitrogen and oxygen atoms in total. The molecule has 0 N–H and O–H groups in total. The fourth-order valence-corrected chi connectivity index (χ4v) is 2.58. The third-order valence-corrected chi connectivity index (χ3v) is 3.77. The van der Waals surface area contributed by atoms with Crippen molar-refractivity contribution in [1.29, 1.82) is 0 Å². The van der Waals surface area contributed by atoms with Crippen LogP contribution in [0, 0.1) is 0 Å². The van der Waals surface area contributed by atoms with Gasteiger partial charge in [0.25, 0.3) is 0 Å². The Hall–Kier alpha value is -2.17. The Morgan fingerprint density at radius 1 is 0.909 bits per heavy atom. The minimum Gasteiger partial charge on any atom is -0.223 e. The highest BCUT2D eigenvalue weighted by atomic mass is 35.5. The van der Waals surface area contributed by atoms with Crippen molar-refractivity contribution in [3.05, 3.63) is 82.4 Å². The number of nitrogens with zero attached hydrogens (tertiary/aromatic N) is 3. The molecule has 0 unspecified atom stereocenters. The first-order valence-electron chi connectivity index (χ1n) is 6.43. The quantitative estimate of drug-likeness (QED) is 0.680. The van der Waals surface area contributed by atoms with E-state index in [1.807, 2.05) is 0 Å². The van der Waals surface area contributed by atoms with Crippen LogP contribution in [-0.2, 0) is 0 Å². The molecule has 2 aromatic carbocycles. The van der Waals surface area contributed by atoms with Gasteiger partial charge in [-0.2, -0.15) is 14.2 Å². The summed E-state index contributed by atoms with van der Waals surface area (Å²) in [6, 6.07) is 14.0. The average molecular weight is 334 g/mol. The van der Waals surface area contributed by atoms with Gasteiger partial charge in [-0.25, -0.2) is 4.98 Å². The van der Waals surface area contributed by atoms with E-state index < -0.39 is 5.95 Å². The van der Waals surface area contributed by atoms with Gasteiger partial charge in [-0.05, 0) is 12.1 Å². The number of rotatable bonds is 3. The molecular weight excluding hydrogens is 324 g/mol. The number of benzene rings is 2. The zero-order valence-corrected chi connectivity index (χ0v) is 12.8. The zero-order valence-electron chi connectivity index (χ0n) is 11.2. The second-order valence-corrected chi connectivity index (χ2v) is 5.28. The summed E-state index contributed by atoms with van der Waals surface area (Å²) in [5, 5.41) is 4.68. The molecule has 0 aliphatic heterocycles. The van der Waals surface area contributed by atoms with Gasteiger partial charge in [0.2, 0.25) is 5.95 Å². The van der Waals surface area contributed by atoms with Crippen LogP contribution in [0.15, 0.2) is 61.2 Å². The molecule has 22 heavy (non-hydrogen) atoms. The van der Waals surface area contributed by atoms with Crippen molar-refractivity contribution < 1.29 is 4.39 Å². The van der Waals surface area contributed by atoms with E-state index in [0.717, 1.165) is 4.68 Å². The van der Waals surface area contributed by atoms with Crippen molar-refractivity contribution in [2.45, 2.75) is 0 Å². The summed E-state index contributed by atoms with van der Waals surface area (Å²) in [4.78, 5) is 3.77. The van der Waals surface area contributed by atoms with E-state index in [2.05, 4.69) is 10.1 Å². The summed E-state index contributed by atoms with van der Waals surface area (Å²) in [6.45, 7) is 0. The Bertz CT molecular complexity index is 781. The maximum Gasteiger partial charge on any atom is 0.224 e. The van der Waals surface area contributed by atoms with Crippen LogP contribution in [0.25, 0.3) is 11.5 Å². The van der Waals surface area contributed by atoms with Crippen molar-refractivity contribution in [3.8, 4) is 0 Å². The summed E-state index contributed by atoms with van der Waals surface area (Å²) < 4.78 is 16.0. The normalized spacial score (nSPS) is 10.5. The molecule has 0 amide bonds. The molecule has 0 spiro atoms. The van der Waals surface area contributed by atoms with Gasteiger partial charge in [0.05, 0.1) is 0 Å². The van der Waals surface area contributed by atoms with Gasteiger partial charge < -0.3 is 0 Å². The third kappa shape index (κ3) is 2.75. The van der Waals surface area contributed by atoms with Gasteiger partial charge in [-0.15, -0.1) is 0 Å². The number of hydrogen-bond acceptors (Lipinski definition) is 2. The van der Waals surface area contributed by atoms with Crippen LogP contribution in [-0.4, -0.2) is 14.8 Å². The second-order valence-electron chi connectivity index (χ2n) is 4.47. The lowest BCUT2D eigenvalue weighted by molar-refractivity contribution is 0.653. The number of aromatic nitrogens is 3. The minimum atomic E-state index is -0.598. The van der Waals surface area contributed by atoms with Crippen LogP contribution < -0.4 is 0 Å². The molecule has 0 saturated heterocycles. The summed E-state index contributed by atoms with van der Waals surface area (Å²) in [6.07, 6.45) is 2.54. The molecule has 0 bridgehead atoms. The van der Waals surface area contributed by atoms with E-state index in [4.69, 9.17) is 23.2 Å². The average Bonchev–Trinajstić information content (AvgIpc) is 3.05. The molecule has 3 aromatic rings. The standard InChI is InChI=1S/C16H10Cl2FN3/c17-13-7-3-1-5-11(13)15(12-6-2-4-8-14(12)18)16(19)22-10-20-9-21-22/h1-10H. The predicted molar refractivity (Wildman–Crippen MR) is 86.2 cm³/mol. The van der Waals surface area contributed by atoms with Gasteiger partial charge in [-0.1, -0.05) is 59.6 Å². The smallest absolute Gasteiger partial charge is 0.223 e.